The van der Waals surface area contributed by atoms with Crippen molar-refractivity contribution in [3.8, 4) is 0 Å². The van der Waals surface area contributed by atoms with Gasteiger partial charge in [-0.05, 0) is 24.3 Å². The maximum atomic E-state index is 13.0. The van der Waals surface area contributed by atoms with Crippen LogP contribution in [0.15, 0.2) is 72.1 Å². The van der Waals surface area contributed by atoms with E-state index in [4.69, 9.17) is 5.73 Å². The number of imidazole rings is 1. The van der Waals surface area contributed by atoms with Crippen LogP contribution in [0.5, 0.6) is 0 Å². The molecule has 0 bridgehead atoms. The molecule has 0 saturated heterocycles. The molecule has 7 nitrogen and oxygen atoms in total. The second kappa shape index (κ2) is 7.46. The Labute approximate surface area is 159 Å². The van der Waals surface area contributed by atoms with Crippen LogP contribution in [0.25, 0.3) is 11.2 Å². The standard InChI is InChI=1S/C19H16N6OS/c20-17-16-18(22-12-21-17)24-19(23-16)27-11-15(26)25(13-7-3-1-4-8-13)14-9-5-2-6-10-14/h1-10,12H,11H2,(H3,20,21,22,23,24). The molecule has 2 heterocycles. The minimum absolute atomic E-state index is 0.0584. The number of aromatic amines is 1. The predicted octanol–water partition coefficient (Wildman–Crippen LogP) is 3.39. The van der Waals surface area contributed by atoms with Gasteiger partial charge in [0, 0.05) is 11.4 Å². The van der Waals surface area contributed by atoms with Gasteiger partial charge in [0.15, 0.2) is 16.6 Å². The number of nitrogens with one attached hydrogen (secondary N) is 1. The molecule has 4 aromatic rings. The van der Waals surface area contributed by atoms with Crippen molar-refractivity contribution in [1.82, 2.24) is 19.9 Å². The molecule has 1 amide bonds. The van der Waals surface area contributed by atoms with Gasteiger partial charge >= 0.3 is 0 Å². The lowest BCUT2D eigenvalue weighted by atomic mass is 10.2. The van der Waals surface area contributed by atoms with E-state index < -0.39 is 0 Å². The predicted molar refractivity (Wildman–Crippen MR) is 107 cm³/mol. The molecule has 0 unspecified atom stereocenters. The number of nitrogens with zero attached hydrogens (tertiary/aromatic N) is 4. The summed E-state index contributed by atoms with van der Waals surface area (Å²) in [6.45, 7) is 0. The van der Waals surface area contributed by atoms with E-state index in [1.165, 1.54) is 18.1 Å². The number of nitrogen functional groups attached to an aromatic ring is 1. The van der Waals surface area contributed by atoms with Gasteiger partial charge in [0.05, 0.1) is 5.75 Å². The molecular formula is C19H16N6OS. The van der Waals surface area contributed by atoms with E-state index in [0.717, 1.165) is 11.4 Å². The van der Waals surface area contributed by atoms with Crippen LogP contribution in [-0.4, -0.2) is 31.6 Å². The highest BCUT2D eigenvalue weighted by molar-refractivity contribution is 7.99. The monoisotopic (exact) mass is 376 g/mol. The Morgan fingerprint density at radius 3 is 2.22 bits per heavy atom. The number of carbonyl (C=O) groups is 1. The van der Waals surface area contributed by atoms with Crippen molar-refractivity contribution in [2.24, 2.45) is 0 Å². The second-order valence-corrected chi connectivity index (χ2v) is 6.65. The molecule has 0 aliphatic carbocycles. The summed E-state index contributed by atoms with van der Waals surface area (Å²) in [6.07, 6.45) is 1.37. The Morgan fingerprint density at radius 2 is 1.63 bits per heavy atom. The Bertz CT molecular complexity index is 1030. The molecule has 3 N–H and O–H groups in total. The highest BCUT2D eigenvalue weighted by atomic mass is 32.2. The van der Waals surface area contributed by atoms with Crippen LogP contribution in [0.1, 0.15) is 0 Å². The lowest BCUT2D eigenvalue weighted by Crippen LogP contribution is -2.27. The summed E-state index contributed by atoms with van der Waals surface area (Å²) in [5.74, 6) is 0.481. The Hall–Kier alpha value is -3.39. The normalized spacial score (nSPS) is 10.8. The van der Waals surface area contributed by atoms with Gasteiger partial charge in [-0.3, -0.25) is 9.69 Å². The van der Waals surface area contributed by atoms with Gasteiger partial charge in [-0.15, -0.1) is 0 Å². The number of thioether (sulfide) groups is 1. The third-order valence-electron chi connectivity index (χ3n) is 3.91. The zero-order valence-electron chi connectivity index (χ0n) is 14.2. The average molecular weight is 376 g/mol. The first kappa shape index (κ1) is 17.0. The molecule has 0 atom stereocenters. The average Bonchev–Trinajstić information content (AvgIpc) is 3.13. The van der Waals surface area contributed by atoms with Crippen molar-refractivity contribution < 1.29 is 4.79 Å². The quantitative estimate of drug-likeness (QED) is 0.518. The molecule has 0 aliphatic heterocycles. The van der Waals surface area contributed by atoms with Crippen LogP contribution in [0.2, 0.25) is 0 Å². The molecule has 27 heavy (non-hydrogen) atoms. The van der Waals surface area contributed by atoms with Crippen molar-refractivity contribution in [3.05, 3.63) is 67.0 Å². The number of fused-ring (bicyclic) bond motifs is 1. The third-order valence-corrected chi connectivity index (χ3v) is 4.76. The molecule has 134 valence electrons. The Kier molecular flexibility index (Phi) is 4.71. The summed E-state index contributed by atoms with van der Waals surface area (Å²) in [4.78, 5) is 30.1. The summed E-state index contributed by atoms with van der Waals surface area (Å²) < 4.78 is 0. The lowest BCUT2D eigenvalue weighted by Gasteiger charge is -2.22. The van der Waals surface area contributed by atoms with Crippen molar-refractivity contribution in [2.45, 2.75) is 5.16 Å². The topological polar surface area (TPSA) is 101 Å². The van der Waals surface area contributed by atoms with Crippen molar-refractivity contribution in [1.29, 1.82) is 0 Å². The number of rotatable bonds is 5. The highest BCUT2D eigenvalue weighted by Crippen LogP contribution is 2.27. The van der Waals surface area contributed by atoms with E-state index in [2.05, 4.69) is 19.9 Å². The fraction of sp³-hybridized carbons (Fsp3) is 0.0526. The third kappa shape index (κ3) is 3.61. The second-order valence-electron chi connectivity index (χ2n) is 5.69. The van der Waals surface area contributed by atoms with Crippen LogP contribution in [0.3, 0.4) is 0 Å². The molecular weight excluding hydrogens is 360 g/mol. The molecule has 0 fully saturated rings. The first-order valence-corrected chi connectivity index (χ1v) is 9.23. The van der Waals surface area contributed by atoms with Crippen LogP contribution in [0.4, 0.5) is 17.2 Å². The van der Waals surface area contributed by atoms with Crippen LogP contribution < -0.4 is 10.6 Å². The zero-order valence-corrected chi connectivity index (χ0v) is 15.1. The van der Waals surface area contributed by atoms with Crippen LogP contribution >= 0.6 is 11.8 Å². The first-order valence-electron chi connectivity index (χ1n) is 8.24. The number of hydrogen-bond acceptors (Lipinski definition) is 6. The van der Waals surface area contributed by atoms with E-state index in [1.54, 1.807) is 4.90 Å². The van der Waals surface area contributed by atoms with Gasteiger partial charge in [-0.1, -0.05) is 48.2 Å². The number of carbonyl (C=O) groups excluding carboxylic acids is 1. The summed E-state index contributed by atoms with van der Waals surface area (Å²) in [5.41, 5.74) is 8.51. The van der Waals surface area contributed by atoms with Gasteiger partial charge in [-0.25, -0.2) is 15.0 Å². The summed E-state index contributed by atoms with van der Waals surface area (Å²) in [7, 11) is 0. The van der Waals surface area contributed by atoms with E-state index in [-0.39, 0.29) is 11.7 Å². The van der Waals surface area contributed by atoms with Gasteiger partial charge in [0.25, 0.3) is 0 Å². The molecule has 4 rings (SSSR count). The van der Waals surface area contributed by atoms with Crippen LogP contribution in [-0.2, 0) is 4.79 Å². The molecule has 0 spiro atoms. The fourth-order valence-corrected chi connectivity index (χ4v) is 3.39. The van der Waals surface area contributed by atoms with Crippen LogP contribution in [0, 0.1) is 0 Å². The highest BCUT2D eigenvalue weighted by Gasteiger charge is 2.19. The van der Waals surface area contributed by atoms with E-state index in [0.29, 0.717) is 22.1 Å². The molecule has 2 aromatic heterocycles. The van der Waals surface area contributed by atoms with E-state index in [9.17, 15) is 4.79 Å². The van der Waals surface area contributed by atoms with Gasteiger partial charge in [0.1, 0.15) is 11.8 Å². The number of H-pyrrole nitrogens is 1. The Morgan fingerprint density at radius 1 is 1.00 bits per heavy atom. The number of benzene rings is 2. The van der Waals surface area contributed by atoms with E-state index >= 15 is 0 Å². The molecule has 8 heteroatoms. The van der Waals surface area contributed by atoms with E-state index in [1.807, 2.05) is 60.7 Å². The van der Waals surface area contributed by atoms with Crippen molar-refractivity contribution in [2.75, 3.05) is 16.4 Å². The minimum Gasteiger partial charge on any atom is -0.382 e. The molecule has 0 aliphatic rings. The molecule has 2 aromatic carbocycles. The number of hydrogen-bond donors (Lipinski definition) is 2. The van der Waals surface area contributed by atoms with Gasteiger partial charge < -0.3 is 10.7 Å². The maximum Gasteiger partial charge on any atom is 0.242 e. The number of nitrogens with two attached hydrogens (primary N) is 1. The van der Waals surface area contributed by atoms with Gasteiger partial charge in [-0.2, -0.15) is 0 Å². The first-order chi connectivity index (χ1) is 13.2. The van der Waals surface area contributed by atoms with Crippen molar-refractivity contribution >= 4 is 46.0 Å². The SMILES string of the molecule is Nc1ncnc2nc(SCC(=O)N(c3ccccc3)c3ccccc3)[nH]c12. The summed E-state index contributed by atoms with van der Waals surface area (Å²) in [6, 6.07) is 19.1. The molecule has 0 saturated carbocycles. The summed E-state index contributed by atoms with van der Waals surface area (Å²) >= 11 is 1.30. The largest absolute Gasteiger partial charge is 0.382 e. The smallest absolute Gasteiger partial charge is 0.242 e. The molecule has 0 radical (unpaired) electrons. The fourth-order valence-electron chi connectivity index (χ4n) is 2.68. The Balaban J connectivity index is 1.57. The number of amides is 1. The zero-order chi connectivity index (χ0) is 18.6. The number of aromatic nitrogens is 4. The van der Waals surface area contributed by atoms with Crippen molar-refractivity contribution in [3.63, 3.8) is 0 Å². The maximum absolute atomic E-state index is 13.0. The summed E-state index contributed by atoms with van der Waals surface area (Å²) in [5, 5.41) is 0.576. The number of para-hydroxylation sites is 2. The minimum atomic E-state index is -0.0584. The van der Waals surface area contributed by atoms with Gasteiger partial charge in [0.2, 0.25) is 5.91 Å². The lowest BCUT2D eigenvalue weighted by molar-refractivity contribution is -0.115. The number of anilines is 3.